The number of amides is 1. The fraction of sp³-hybridized carbons (Fsp3) is 0.938. The predicted molar refractivity (Wildman–Crippen MR) is 87.6 cm³/mol. The summed E-state index contributed by atoms with van der Waals surface area (Å²) in [5.41, 5.74) is 6.02. The summed E-state index contributed by atoms with van der Waals surface area (Å²) in [6, 6.07) is 0. The topological polar surface area (TPSA) is 55.6 Å². The first-order valence-corrected chi connectivity index (χ1v) is 8.17. The number of halogens is 1. The summed E-state index contributed by atoms with van der Waals surface area (Å²) in [6.07, 6.45) is 9.20. The van der Waals surface area contributed by atoms with E-state index in [2.05, 4.69) is 0 Å². The van der Waals surface area contributed by atoms with Crippen molar-refractivity contribution in [3.8, 4) is 0 Å². The van der Waals surface area contributed by atoms with Gasteiger partial charge >= 0.3 is 0 Å². The molecule has 2 fully saturated rings. The van der Waals surface area contributed by atoms with Crippen LogP contribution >= 0.6 is 12.4 Å². The predicted octanol–water partition coefficient (Wildman–Crippen LogP) is 2.59. The third-order valence-corrected chi connectivity index (χ3v) is 4.92. The minimum atomic E-state index is 0. The summed E-state index contributed by atoms with van der Waals surface area (Å²) in [7, 11) is 1.88. The van der Waals surface area contributed by atoms with E-state index in [-0.39, 0.29) is 23.7 Å². The SMILES string of the molecule is CN(CCOCC1CC1)C(=O)CC1(CN)CCCCC1.Cl. The molecule has 1 amide bonds. The highest BCUT2D eigenvalue weighted by molar-refractivity contribution is 5.85. The largest absolute Gasteiger partial charge is 0.379 e. The molecule has 0 aromatic carbocycles. The molecule has 0 saturated heterocycles. The van der Waals surface area contributed by atoms with E-state index in [1.165, 1.54) is 32.1 Å². The molecule has 0 aromatic rings. The summed E-state index contributed by atoms with van der Waals surface area (Å²) in [6.45, 7) is 2.88. The van der Waals surface area contributed by atoms with E-state index in [1.807, 2.05) is 11.9 Å². The van der Waals surface area contributed by atoms with Gasteiger partial charge in [0.15, 0.2) is 0 Å². The zero-order valence-electron chi connectivity index (χ0n) is 13.3. The van der Waals surface area contributed by atoms with E-state index in [1.54, 1.807) is 0 Å². The highest BCUT2D eigenvalue weighted by Gasteiger charge is 2.33. The van der Waals surface area contributed by atoms with Crippen LogP contribution in [0.25, 0.3) is 0 Å². The average Bonchev–Trinajstić information content (AvgIpc) is 3.28. The number of hydrogen-bond acceptors (Lipinski definition) is 3. The van der Waals surface area contributed by atoms with Crippen LogP contribution in [-0.4, -0.2) is 44.2 Å². The first-order chi connectivity index (χ1) is 9.65. The lowest BCUT2D eigenvalue weighted by Gasteiger charge is -2.36. The second kappa shape index (κ2) is 8.96. The van der Waals surface area contributed by atoms with Gasteiger partial charge < -0.3 is 15.4 Å². The molecule has 21 heavy (non-hydrogen) atoms. The molecule has 2 saturated carbocycles. The van der Waals surface area contributed by atoms with Crippen molar-refractivity contribution in [3.05, 3.63) is 0 Å². The monoisotopic (exact) mass is 318 g/mol. The summed E-state index contributed by atoms with van der Waals surface area (Å²) in [4.78, 5) is 14.1. The molecule has 0 unspecified atom stereocenters. The number of ether oxygens (including phenoxy) is 1. The van der Waals surface area contributed by atoms with Gasteiger partial charge in [0.05, 0.1) is 6.61 Å². The van der Waals surface area contributed by atoms with Crippen molar-refractivity contribution in [2.45, 2.75) is 51.4 Å². The maximum Gasteiger partial charge on any atom is 0.222 e. The van der Waals surface area contributed by atoms with Crippen molar-refractivity contribution in [3.63, 3.8) is 0 Å². The normalized spacial score (nSPS) is 20.7. The van der Waals surface area contributed by atoms with Crippen molar-refractivity contribution in [2.24, 2.45) is 17.1 Å². The van der Waals surface area contributed by atoms with Gasteiger partial charge in [0.25, 0.3) is 0 Å². The van der Waals surface area contributed by atoms with E-state index < -0.39 is 0 Å². The number of nitrogens with zero attached hydrogens (tertiary/aromatic N) is 1. The van der Waals surface area contributed by atoms with Gasteiger partial charge in [-0.05, 0) is 43.6 Å². The van der Waals surface area contributed by atoms with Gasteiger partial charge in [0, 0.05) is 26.6 Å². The number of nitrogens with two attached hydrogens (primary N) is 1. The lowest BCUT2D eigenvalue weighted by atomic mass is 9.71. The van der Waals surface area contributed by atoms with E-state index in [9.17, 15) is 4.79 Å². The first kappa shape index (κ1) is 18.7. The standard InChI is InChI=1S/C16H30N2O2.ClH/c1-18(9-10-20-12-14-5-6-14)15(19)11-16(13-17)7-3-2-4-8-16;/h14H,2-13,17H2,1H3;1H. The Bertz CT molecular complexity index is 315. The van der Waals surface area contributed by atoms with E-state index in [0.29, 0.717) is 26.1 Å². The maximum atomic E-state index is 12.3. The van der Waals surface area contributed by atoms with Crippen molar-refractivity contribution in [2.75, 3.05) is 33.4 Å². The van der Waals surface area contributed by atoms with Crippen LogP contribution in [0.15, 0.2) is 0 Å². The molecule has 4 nitrogen and oxygen atoms in total. The van der Waals surface area contributed by atoms with Gasteiger partial charge in [0.1, 0.15) is 0 Å². The quantitative estimate of drug-likeness (QED) is 0.700. The molecular weight excluding hydrogens is 288 g/mol. The molecule has 2 N–H and O–H groups in total. The Morgan fingerprint density at radius 2 is 1.95 bits per heavy atom. The molecule has 0 aromatic heterocycles. The molecule has 124 valence electrons. The van der Waals surface area contributed by atoms with Crippen LogP contribution in [-0.2, 0) is 9.53 Å². The Hall–Kier alpha value is -0.320. The molecule has 2 aliphatic rings. The van der Waals surface area contributed by atoms with Crippen molar-refractivity contribution >= 4 is 18.3 Å². The van der Waals surface area contributed by atoms with E-state index >= 15 is 0 Å². The summed E-state index contributed by atoms with van der Waals surface area (Å²) in [5, 5.41) is 0. The van der Waals surface area contributed by atoms with E-state index in [0.717, 1.165) is 25.4 Å². The zero-order valence-corrected chi connectivity index (χ0v) is 14.1. The molecule has 5 heteroatoms. The molecule has 2 aliphatic carbocycles. The van der Waals surface area contributed by atoms with Gasteiger partial charge in [0.2, 0.25) is 5.91 Å². The van der Waals surface area contributed by atoms with Crippen molar-refractivity contribution in [1.82, 2.24) is 4.90 Å². The van der Waals surface area contributed by atoms with Gasteiger partial charge in [-0.1, -0.05) is 19.3 Å². The van der Waals surface area contributed by atoms with Gasteiger partial charge in [-0.25, -0.2) is 0 Å². The molecule has 2 rings (SSSR count). The second-order valence-electron chi connectivity index (χ2n) is 6.78. The Morgan fingerprint density at radius 3 is 2.52 bits per heavy atom. The molecular formula is C16H31ClN2O2. The number of carbonyl (C=O) groups is 1. The number of hydrogen-bond donors (Lipinski definition) is 1. The molecule has 0 radical (unpaired) electrons. The minimum Gasteiger partial charge on any atom is -0.379 e. The summed E-state index contributed by atoms with van der Waals surface area (Å²) >= 11 is 0. The van der Waals surface area contributed by atoms with Crippen LogP contribution in [0.3, 0.4) is 0 Å². The molecule has 0 heterocycles. The smallest absolute Gasteiger partial charge is 0.222 e. The zero-order chi connectivity index (χ0) is 14.4. The minimum absolute atomic E-state index is 0. The van der Waals surface area contributed by atoms with Crippen LogP contribution in [0.4, 0.5) is 0 Å². The lowest BCUT2D eigenvalue weighted by Crippen LogP contribution is -2.40. The van der Waals surface area contributed by atoms with Crippen LogP contribution in [0, 0.1) is 11.3 Å². The van der Waals surface area contributed by atoms with E-state index in [4.69, 9.17) is 10.5 Å². The summed E-state index contributed by atoms with van der Waals surface area (Å²) < 4.78 is 5.60. The average molecular weight is 319 g/mol. The molecule has 0 spiro atoms. The second-order valence-corrected chi connectivity index (χ2v) is 6.78. The lowest BCUT2D eigenvalue weighted by molar-refractivity contribution is -0.133. The Balaban J connectivity index is 0.00000220. The third-order valence-electron chi connectivity index (χ3n) is 4.92. The molecule has 0 bridgehead atoms. The highest BCUT2D eigenvalue weighted by Crippen LogP contribution is 2.38. The Morgan fingerprint density at radius 1 is 1.29 bits per heavy atom. The first-order valence-electron chi connectivity index (χ1n) is 8.17. The van der Waals surface area contributed by atoms with Crippen LogP contribution in [0.5, 0.6) is 0 Å². The van der Waals surface area contributed by atoms with Crippen LogP contribution in [0.1, 0.15) is 51.4 Å². The van der Waals surface area contributed by atoms with Crippen molar-refractivity contribution < 1.29 is 9.53 Å². The fourth-order valence-corrected chi connectivity index (χ4v) is 3.07. The Kier molecular flexibility index (Phi) is 7.99. The number of rotatable bonds is 8. The third kappa shape index (κ3) is 6.13. The summed E-state index contributed by atoms with van der Waals surface area (Å²) in [5.74, 6) is 1.02. The van der Waals surface area contributed by atoms with Crippen LogP contribution in [0.2, 0.25) is 0 Å². The van der Waals surface area contributed by atoms with Gasteiger partial charge in [-0.2, -0.15) is 0 Å². The highest BCUT2D eigenvalue weighted by atomic mass is 35.5. The van der Waals surface area contributed by atoms with Crippen molar-refractivity contribution in [1.29, 1.82) is 0 Å². The number of carbonyl (C=O) groups excluding carboxylic acids is 1. The molecule has 0 aliphatic heterocycles. The van der Waals surface area contributed by atoms with Gasteiger partial charge in [-0.15, -0.1) is 12.4 Å². The van der Waals surface area contributed by atoms with Gasteiger partial charge in [-0.3, -0.25) is 4.79 Å². The fourth-order valence-electron chi connectivity index (χ4n) is 3.07. The molecule has 0 atom stereocenters. The maximum absolute atomic E-state index is 12.3. The van der Waals surface area contributed by atoms with Crippen LogP contribution < -0.4 is 5.73 Å². The number of likely N-dealkylation sites (N-methyl/N-ethyl adjacent to an activating group) is 1. The Labute approximate surface area is 135 Å².